The highest BCUT2D eigenvalue weighted by Crippen LogP contribution is 2.30. The minimum absolute atomic E-state index is 0.00681. The van der Waals surface area contributed by atoms with Crippen molar-refractivity contribution in [1.82, 2.24) is 5.32 Å². The molecule has 0 saturated carbocycles. The molecule has 0 radical (unpaired) electrons. The van der Waals surface area contributed by atoms with E-state index in [-0.39, 0.29) is 17.8 Å². The number of carbonyl (C=O) groups is 1. The van der Waals surface area contributed by atoms with Gasteiger partial charge in [0.05, 0.1) is 24.8 Å². The van der Waals surface area contributed by atoms with Gasteiger partial charge in [-0.15, -0.1) is 0 Å². The van der Waals surface area contributed by atoms with Crippen molar-refractivity contribution in [2.75, 3.05) is 31.6 Å². The van der Waals surface area contributed by atoms with Crippen molar-refractivity contribution in [2.24, 2.45) is 0 Å². The molecule has 2 aromatic rings. The number of benzene rings is 2. The highest BCUT2D eigenvalue weighted by Gasteiger charge is 2.33. The van der Waals surface area contributed by atoms with Crippen molar-refractivity contribution >= 4 is 11.7 Å². The Morgan fingerprint density at radius 2 is 1.76 bits per heavy atom. The Balaban J connectivity index is 1.70. The van der Waals surface area contributed by atoms with Crippen molar-refractivity contribution < 1.29 is 27.6 Å². The van der Waals surface area contributed by atoms with Crippen LogP contribution in [0.15, 0.2) is 54.6 Å². The number of hydrogen-bond donors (Lipinski definition) is 3. The van der Waals surface area contributed by atoms with Crippen LogP contribution in [0.2, 0.25) is 0 Å². The minimum atomic E-state index is -4.46. The molecule has 0 unspecified atom stereocenters. The third kappa shape index (κ3) is 5.71. The van der Waals surface area contributed by atoms with E-state index in [1.54, 1.807) is 0 Å². The fraction of sp³-hybridized carbons (Fsp3) is 0.381. The number of quaternary nitrogens is 1. The standard InChI is InChI=1S/C21H24F3N3O2/c1-15(19(16-6-3-2-4-7-16)27-10-12-29-13-11-27)25-20(28)26-18-9-5-8-17(14-18)21(22,23)24/h2-9,14-15,19H,10-13H2,1H3,(H2,25,26,28)/p+1/t15-,19+/m0/s1. The van der Waals surface area contributed by atoms with Crippen LogP contribution in [-0.2, 0) is 10.9 Å². The molecule has 1 aliphatic heterocycles. The Bertz CT molecular complexity index is 808. The van der Waals surface area contributed by atoms with E-state index in [1.807, 2.05) is 37.3 Å². The molecule has 1 fully saturated rings. The molecule has 5 nitrogen and oxygen atoms in total. The topological polar surface area (TPSA) is 54.8 Å². The summed E-state index contributed by atoms with van der Waals surface area (Å²) < 4.78 is 44.1. The molecular formula is C21H25F3N3O2+. The summed E-state index contributed by atoms with van der Waals surface area (Å²) >= 11 is 0. The van der Waals surface area contributed by atoms with Crippen LogP contribution in [0.1, 0.15) is 24.1 Å². The van der Waals surface area contributed by atoms with Crippen LogP contribution in [-0.4, -0.2) is 38.4 Å². The van der Waals surface area contributed by atoms with Crippen molar-refractivity contribution in [3.05, 3.63) is 65.7 Å². The molecule has 0 aliphatic carbocycles. The second-order valence-corrected chi connectivity index (χ2v) is 7.12. The number of morpholine rings is 1. The van der Waals surface area contributed by atoms with Gasteiger partial charge in [0.15, 0.2) is 0 Å². The lowest BCUT2D eigenvalue weighted by Crippen LogP contribution is -3.15. The maximum atomic E-state index is 12.9. The van der Waals surface area contributed by atoms with E-state index < -0.39 is 17.8 Å². The van der Waals surface area contributed by atoms with Gasteiger partial charge in [-0.1, -0.05) is 36.4 Å². The van der Waals surface area contributed by atoms with Crippen molar-refractivity contribution in [3.63, 3.8) is 0 Å². The van der Waals surface area contributed by atoms with Crippen LogP contribution in [0.3, 0.4) is 0 Å². The van der Waals surface area contributed by atoms with E-state index in [2.05, 4.69) is 10.6 Å². The van der Waals surface area contributed by atoms with Gasteiger partial charge in [0.1, 0.15) is 19.1 Å². The van der Waals surface area contributed by atoms with Gasteiger partial charge in [-0.2, -0.15) is 13.2 Å². The molecule has 2 atom stereocenters. The number of urea groups is 1. The molecule has 1 aliphatic rings. The van der Waals surface area contributed by atoms with Gasteiger partial charge in [-0.25, -0.2) is 4.79 Å². The molecule has 1 heterocycles. The summed E-state index contributed by atoms with van der Waals surface area (Å²) in [6.45, 7) is 4.86. The van der Waals surface area contributed by atoms with Crippen LogP contribution in [0, 0.1) is 0 Å². The first-order valence-corrected chi connectivity index (χ1v) is 9.56. The average molecular weight is 408 g/mol. The van der Waals surface area contributed by atoms with E-state index in [1.165, 1.54) is 17.0 Å². The second kappa shape index (κ2) is 9.28. The molecule has 1 saturated heterocycles. The molecule has 3 rings (SSSR count). The Labute approximate surface area is 167 Å². The normalized spacial score (nSPS) is 17.4. The molecule has 2 amide bonds. The summed E-state index contributed by atoms with van der Waals surface area (Å²) in [6, 6.07) is 13.7. The zero-order chi connectivity index (χ0) is 20.9. The molecule has 0 bridgehead atoms. The smallest absolute Gasteiger partial charge is 0.370 e. The van der Waals surface area contributed by atoms with Crippen LogP contribution in [0.5, 0.6) is 0 Å². The Morgan fingerprint density at radius 1 is 1.07 bits per heavy atom. The van der Waals surface area contributed by atoms with E-state index in [4.69, 9.17) is 4.74 Å². The number of alkyl halides is 3. The predicted octanol–water partition coefficient (Wildman–Crippen LogP) is 2.87. The third-order valence-corrected chi connectivity index (χ3v) is 5.04. The van der Waals surface area contributed by atoms with Gasteiger partial charge in [-0.05, 0) is 25.1 Å². The zero-order valence-electron chi connectivity index (χ0n) is 16.1. The number of hydrogen-bond acceptors (Lipinski definition) is 2. The van der Waals surface area contributed by atoms with Crippen molar-refractivity contribution in [3.8, 4) is 0 Å². The number of halogens is 3. The lowest BCUT2D eigenvalue weighted by Gasteiger charge is -2.35. The number of rotatable bonds is 5. The summed E-state index contributed by atoms with van der Waals surface area (Å²) in [4.78, 5) is 13.8. The molecular weight excluding hydrogens is 383 g/mol. The first-order valence-electron chi connectivity index (χ1n) is 9.56. The molecule has 2 aromatic carbocycles. The van der Waals surface area contributed by atoms with Crippen LogP contribution < -0.4 is 15.5 Å². The van der Waals surface area contributed by atoms with Crippen LogP contribution in [0.4, 0.5) is 23.7 Å². The van der Waals surface area contributed by atoms with Crippen LogP contribution in [0.25, 0.3) is 0 Å². The molecule has 29 heavy (non-hydrogen) atoms. The number of ether oxygens (including phenoxy) is 1. The van der Waals surface area contributed by atoms with E-state index in [9.17, 15) is 18.0 Å². The van der Waals surface area contributed by atoms with Gasteiger partial charge >= 0.3 is 12.2 Å². The second-order valence-electron chi connectivity index (χ2n) is 7.12. The summed E-state index contributed by atoms with van der Waals surface area (Å²) in [5.74, 6) is 0. The van der Waals surface area contributed by atoms with Gasteiger partial charge < -0.3 is 20.3 Å². The Kier molecular flexibility index (Phi) is 6.76. The first-order chi connectivity index (χ1) is 13.8. The highest BCUT2D eigenvalue weighted by molar-refractivity contribution is 5.89. The number of amides is 2. The van der Waals surface area contributed by atoms with Crippen LogP contribution >= 0.6 is 0 Å². The third-order valence-electron chi connectivity index (χ3n) is 5.04. The molecule has 8 heteroatoms. The summed E-state index contributed by atoms with van der Waals surface area (Å²) in [5, 5.41) is 5.40. The van der Waals surface area contributed by atoms with Gasteiger partial charge in [0, 0.05) is 11.3 Å². The average Bonchev–Trinajstić information content (AvgIpc) is 2.69. The summed E-state index contributed by atoms with van der Waals surface area (Å²) in [6.07, 6.45) is -4.46. The van der Waals surface area contributed by atoms with Gasteiger partial charge in [0.2, 0.25) is 0 Å². The van der Waals surface area contributed by atoms with E-state index in [0.717, 1.165) is 30.8 Å². The van der Waals surface area contributed by atoms with E-state index >= 15 is 0 Å². The maximum absolute atomic E-state index is 12.9. The fourth-order valence-electron chi connectivity index (χ4n) is 3.71. The lowest BCUT2D eigenvalue weighted by molar-refractivity contribution is -0.940. The molecule has 3 N–H and O–H groups in total. The lowest BCUT2D eigenvalue weighted by atomic mass is 9.98. The SMILES string of the molecule is C[C@H](NC(=O)Nc1cccc(C(F)(F)F)c1)[C@H](c1ccccc1)[NH+]1CCOCC1. The molecule has 0 aromatic heterocycles. The largest absolute Gasteiger partial charge is 0.416 e. The summed E-state index contributed by atoms with van der Waals surface area (Å²) in [7, 11) is 0. The van der Waals surface area contributed by atoms with Gasteiger partial charge in [0.25, 0.3) is 0 Å². The van der Waals surface area contributed by atoms with Crippen molar-refractivity contribution in [1.29, 1.82) is 0 Å². The quantitative estimate of drug-likeness (QED) is 0.713. The van der Waals surface area contributed by atoms with Gasteiger partial charge in [-0.3, -0.25) is 0 Å². The fourth-order valence-corrected chi connectivity index (χ4v) is 3.71. The number of nitrogens with one attached hydrogen (secondary N) is 3. The first kappa shape index (κ1) is 21.1. The minimum Gasteiger partial charge on any atom is -0.370 e. The Hall–Kier alpha value is -2.58. The van der Waals surface area contributed by atoms with Crippen molar-refractivity contribution in [2.45, 2.75) is 25.2 Å². The number of anilines is 1. The summed E-state index contributed by atoms with van der Waals surface area (Å²) in [5.41, 5.74) is 0.388. The van der Waals surface area contributed by atoms with E-state index in [0.29, 0.717) is 13.2 Å². The molecule has 156 valence electrons. The molecule has 0 spiro atoms. The maximum Gasteiger partial charge on any atom is 0.416 e. The zero-order valence-corrected chi connectivity index (χ0v) is 16.1. The Morgan fingerprint density at radius 3 is 2.41 bits per heavy atom. The number of carbonyl (C=O) groups excluding carboxylic acids is 1. The monoisotopic (exact) mass is 408 g/mol. The predicted molar refractivity (Wildman–Crippen MR) is 104 cm³/mol. The highest BCUT2D eigenvalue weighted by atomic mass is 19.4.